The molecule has 2 aromatic carbocycles. The molecule has 0 aliphatic heterocycles. The van der Waals surface area contributed by atoms with Gasteiger partial charge in [0.25, 0.3) is 5.69 Å². The highest BCUT2D eigenvalue weighted by atomic mass is 79.9. The van der Waals surface area contributed by atoms with Crippen molar-refractivity contribution in [1.29, 1.82) is 0 Å². The number of aromatic nitrogens is 2. The fraction of sp³-hybridized carbons (Fsp3) is 0.158. The number of para-hydroxylation sites is 1. The van der Waals surface area contributed by atoms with Gasteiger partial charge >= 0.3 is 0 Å². The van der Waals surface area contributed by atoms with Gasteiger partial charge in [0.05, 0.1) is 16.2 Å². The molecule has 1 atom stereocenters. The van der Waals surface area contributed by atoms with Gasteiger partial charge in [-0.2, -0.15) is 5.10 Å². The predicted molar refractivity (Wildman–Crippen MR) is 105 cm³/mol. The first-order valence-corrected chi connectivity index (χ1v) is 9.04. The maximum Gasteiger partial charge on any atom is 0.278 e. The summed E-state index contributed by atoms with van der Waals surface area (Å²) in [6.45, 7) is 0. The maximum absolute atomic E-state index is 12.4. The van der Waals surface area contributed by atoms with E-state index in [0.29, 0.717) is 17.7 Å². The summed E-state index contributed by atoms with van der Waals surface area (Å²) in [7, 11) is 1.57. The molecule has 3 rings (SSSR count). The number of nitrogens with one attached hydrogen (secondary N) is 1. The van der Waals surface area contributed by atoms with Crippen molar-refractivity contribution in [2.45, 2.75) is 12.5 Å². The fourth-order valence-corrected chi connectivity index (χ4v) is 3.31. The van der Waals surface area contributed by atoms with Crippen LogP contribution in [0.25, 0.3) is 11.3 Å². The van der Waals surface area contributed by atoms with E-state index >= 15 is 0 Å². The van der Waals surface area contributed by atoms with E-state index < -0.39 is 11.0 Å². The monoisotopic (exact) mass is 428 g/mol. The predicted octanol–water partition coefficient (Wildman–Crippen LogP) is 3.75. The maximum atomic E-state index is 12.4. The number of rotatable bonds is 6. The summed E-state index contributed by atoms with van der Waals surface area (Å²) in [5.74, 6) is -0.188. The van der Waals surface area contributed by atoms with Crippen molar-refractivity contribution in [1.82, 2.24) is 15.1 Å². The zero-order valence-electron chi connectivity index (χ0n) is 14.5. The molecule has 1 unspecified atom stereocenters. The smallest absolute Gasteiger partial charge is 0.278 e. The van der Waals surface area contributed by atoms with Crippen LogP contribution in [-0.4, -0.2) is 27.7 Å². The number of halogens is 1. The summed E-state index contributed by atoms with van der Waals surface area (Å²) < 4.78 is 2.47. The van der Waals surface area contributed by atoms with Crippen molar-refractivity contribution in [2.24, 2.45) is 0 Å². The number of carbonyl (C=O) groups is 1. The first-order chi connectivity index (χ1) is 13.0. The van der Waals surface area contributed by atoms with Crippen LogP contribution in [0.5, 0.6) is 0 Å². The molecule has 0 radical (unpaired) electrons. The Labute approximate surface area is 164 Å². The van der Waals surface area contributed by atoms with Crippen LogP contribution in [0.15, 0.2) is 65.3 Å². The van der Waals surface area contributed by atoms with E-state index in [1.165, 1.54) is 6.07 Å². The van der Waals surface area contributed by atoms with Crippen LogP contribution < -0.4 is 5.32 Å². The quantitative estimate of drug-likeness (QED) is 0.478. The fourth-order valence-electron chi connectivity index (χ4n) is 2.86. The molecule has 138 valence electrons. The molecule has 0 spiro atoms. The van der Waals surface area contributed by atoms with Gasteiger partial charge in [-0.1, -0.05) is 40.2 Å². The van der Waals surface area contributed by atoms with Crippen molar-refractivity contribution in [3.05, 3.63) is 80.9 Å². The molecule has 1 heterocycles. The van der Waals surface area contributed by atoms with Gasteiger partial charge in [-0.15, -0.1) is 0 Å². The Kier molecular flexibility index (Phi) is 5.66. The summed E-state index contributed by atoms with van der Waals surface area (Å²) in [5, 5.41) is 18.4. The van der Waals surface area contributed by atoms with E-state index in [9.17, 15) is 14.9 Å². The van der Waals surface area contributed by atoms with Crippen LogP contribution >= 0.6 is 15.9 Å². The number of hydrogen-bond donors (Lipinski definition) is 1. The molecule has 27 heavy (non-hydrogen) atoms. The minimum Gasteiger partial charge on any atom is -0.357 e. The Hall–Kier alpha value is -3.00. The summed E-state index contributed by atoms with van der Waals surface area (Å²) in [6, 6.07) is 15.2. The summed E-state index contributed by atoms with van der Waals surface area (Å²) in [4.78, 5) is 23.3. The van der Waals surface area contributed by atoms with Crippen molar-refractivity contribution < 1.29 is 9.72 Å². The first-order valence-electron chi connectivity index (χ1n) is 8.24. The number of likely N-dealkylation sites (N-methyl/N-ethyl adjacent to an activating group) is 1. The van der Waals surface area contributed by atoms with Crippen LogP contribution in [0, 0.1) is 10.1 Å². The standard InChI is InChI=1S/C19H17BrN4O3/c1-21-19(25)18(12-13-5-4-6-14(20)11-13)23-10-9-16(22-23)15-7-2-3-8-17(15)24(26)27/h2-11,18H,12H2,1H3,(H,21,25). The van der Waals surface area contributed by atoms with E-state index in [1.54, 1.807) is 42.2 Å². The number of carbonyl (C=O) groups excluding carboxylic acids is 1. The van der Waals surface area contributed by atoms with Crippen molar-refractivity contribution >= 4 is 27.5 Å². The zero-order valence-corrected chi connectivity index (χ0v) is 16.1. The van der Waals surface area contributed by atoms with E-state index in [2.05, 4.69) is 26.3 Å². The largest absolute Gasteiger partial charge is 0.357 e. The van der Waals surface area contributed by atoms with Crippen molar-refractivity contribution in [3.63, 3.8) is 0 Å². The normalized spacial score (nSPS) is 11.8. The lowest BCUT2D eigenvalue weighted by Crippen LogP contribution is -2.31. The second-order valence-electron chi connectivity index (χ2n) is 5.92. The molecule has 0 aliphatic rings. The minimum absolute atomic E-state index is 0.0220. The second-order valence-corrected chi connectivity index (χ2v) is 6.84. The molecule has 0 aliphatic carbocycles. The minimum atomic E-state index is -0.569. The van der Waals surface area contributed by atoms with E-state index in [1.807, 2.05) is 24.3 Å². The van der Waals surface area contributed by atoms with Crippen LogP contribution in [-0.2, 0) is 11.2 Å². The third-order valence-electron chi connectivity index (χ3n) is 4.17. The average molecular weight is 429 g/mol. The third-order valence-corrected chi connectivity index (χ3v) is 4.66. The summed E-state index contributed by atoms with van der Waals surface area (Å²) in [6.07, 6.45) is 2.11. The lowest BCUT2D eigenvalue weighted by Gasteiger charge is -2.16. The van der Waals surface area contributed by atoms with Crippen LogP contribution in [0.4, 0.5) is 5.69 Å². The lowest BCUT2D eigenvalue weighted by atomic mass is 10.1. The average Bonchev–Trinajstić information content (AvgIpc) is 3.15. The zero-order chi connectivity index (χ0) is 19.4. The van der Waals surface area contributed by atoms with Gasteiger partial charge in [0.2, 0.25) is 5.91 Å². The molecule has 0 saturated heterocycles. The Morgan fingerprint density at radius 3 is 2.74 bits per heavy atom. The number of benzene rings is 2. The van der Waals surface area contributed by atoms with Crippen molar-refractivity contribution in [2.75, 3.05) is 7.05 Å². The molecule has 0 bridgehead atoms. The molecular weight excluding hydrogens is 412 g/mol. The molecular formula is C19H17BrN4O3. The Balaban J connectivity index is 1.96. The second kappa shape index (κ2) is 8.13. The van der Waals surface area contributed by atoms with Crippen LogP contribution in [0.1, 0.15) is 11.6 Å². The summed E-state index contributed by atoms with van der Waals surface area (Å²) in [5.41, 5.74) is 1.82. The van der Waals surface area contributed by atoms with Gasteiger partial charge < -0.3 is 5.32 Å². The summed E-state index contributed by atoms with van der Waals surface area (Å²) >= 11 is 3.43. The van der Waals surface area contributed by atoms with E-state index in [-0.39, 0.29) is 11.6 Å². The highest BCUT2D eigenvalue weighted by Gasteiger charge is 2.23. The molecule has 1 N–H and O–H groups in total. The number of nitro groups is 1. The van der Waals surface area contributed by atoms with Gasteiger partial charge in [-0.05, 0) is 29.8 Å². The topological polar surface area (TPSA) is 90.1 Å². The van der Waals surface area contributed by atoms with Crippen LogP contribution in [0.3, 0.4) is 0 Å². The first kappa shape index (κ1) is 18.8. The molecule has 1 aromatic heterocycles. The van der Waals surface area contributed by atoms with Crippen molar-refractivity contribution in [3.8, 4) is 11.3 Å². The molecule has 1 amide bonds. The van der Waals surface area contributed by atoms with E-state index in [0.717, 1.165) is 10.0 Å². The number of hydrogen-bond acceptors (Lipinski definition) is 4. The molecule has 8 heteroatoms. The van der Waals surface area contributed by atoms with Gasteiger partial charge in [0, 0.05) is 30.2 Å². The third kappa shape index (κ3) is 4.22. The number of nitro benzene ring substituents is 1. The van der Waals surface area contributed by atoms with Gasteiger partial charge in [-0.25, -0.2) is 0 Å². The Bertz CT molecular complexity index is 986. The number of nitrogens with zero attached hydrogens (tertiary/aromatic N) is 3. The highest BCUT2D eigenvalue weighted by Crippen LogP contribution is 2.29. The lowest BCUT2D eigenvalue weighted by molar-refractivity contribution is -0.384. The molecule has 0 saturated carbocycles. The molecule has 7 nitrogen and oxygen atoms in total. The van der Waals surface area contributed by atoms with E-state index in [4.69, 9.17) is 0 Å². The Morgan fingerprint density at radius 1 is 1.26 bits per heavy atom. The van der Waals surface area contributed by atoms with Gasteiger partial charge in [0.15, 0.2) is 0 Å². The molecule has 3 aromatic rings. The van der Waals surface area contributed by atoms with Crippen LogP contribution in [0.2, 0.25) is 0 Å². The van der Waals surface area contributed by atoms with Gasteiger partial charge in [0.1, 0.15) is 6.04 Å². The number of amides is 1. The highest BCUT2D eigenvalue weighted by molar-refractivity contribution is 9.10. The Morgan fingerprint density at radius 2 is 2.04 bits per heavy atom. The molecule has 0 fully saturated rings. The van der Waals surface area contributed by atoms with Gasteiger partial charge in [-0.3, -0.25) is 19.6 Å². The SMILES string of the molecule is CNC(=O)C(Cc1cccc(Br)c1)n1ccc(-c2ccccc2[N+](=O)[O-])n1.